The molecule has 1 atom stereocenters. The summed E-state index contributed by atoms with van der Waals surface area (Å²) in [5, 5.41) is 23.0. The molecular weight excluding hydrogens is 584 g/mol. The lowest BCUT2D eigenvalue weighted by atomic mass is 9.99. The van der Waals surface area contributed by atoms with Crippen LogP contribution in [0.1, 0.15) is 5.56 Å². The fourth-order valence-corrected chi connectivity index (χ4v) is 4.96. The maximum Gasteiger partial charge on any atom is 0.409 e. The molecule has 0 aliphatic carbocycles. The van der Waals surface area contributed by atoms with E-state index < -0.39 is 41.6 Å². The summed E-state index contributed by atoms with van der Waals surface area (Å²) in [6.07, 6.45) is -2.06. The number of nitrogens with zero attached hydrogens (tertiary/aromatic N) is 2. The Labute approximate surface area is 239 Å². The predicted molar refractivity (Wildman–Crippen MR) is 145 cm³/mol. The monoisotopic (exact) mass is 608 g/mol. The van der Waals surface area contributed by atoms with E-state index in [4.69, 9.17) is 19.7 Å². The second-order valence-corrected chi connectivity index (χ2v) is 9.97. The summed E-state index contributed by atoms with van der Waals surface area (Å²) in [4.78, 5) is 32.0. The summed E-state index contributed by atoms with van der Waals surface area (Å²) < 4.78 is 66.7. The van der Waals surface area contributed by atoms with Crippen LogP contribution in [0.3, 0.4) is 0 Å². The second-order valence-electron chi connectivity index (χ2n) is 8.92. The van der Waals surface area contributed by atoms with Gasteiger partial charge in [0.25, 0.3) is 0 Å². The number of hydrogen-bond acceptors (Lipinski definition) is 9. The SMILES string of the molecule is COCCNCc1ccc(-c2cc3nccc(Oc4ccc(NC(C(C(=O)O)C(=O)O)C(F)(F)F)cc4F)c3s2)nc1. The van der Waals surface area contributed by atoms with Gasteiger partial charge < -0.3 is 30.3 Å². The fraction of sp³-hybridized carbons (Fsp3) is 0.259. The van der Waals surface area contributed by atoms with Crippen LogP contribution in [0.25, 0.3) is 20.8 Å². The number of pyridine rings is 2. The van der Waals surface area contributed by atoms with Crippen LogP contribution in [0, 0.1) is 11.7 Å². The summed E-state index contributed by atoms with van der Waals surface area (Å²) in [5.41, 5.74) is 1.73. The third-order valence-corrected chi connectivity index (χ3v) is 7.12. The minimum atomic E-state index is -5.26. The molecule has 1 unspecified atom stereocenters. The van der Waals surface area contributed by atoms with Crippen molar-refractivity contribution in [3.05, 3.63) is 66.2 Å². The van der Waals surface area contributed by atoms with Crippen LogP contribution in [0.15, 0.2) is 54.9 Å². The van der Waals surface area contributed by atoms with E-state index in [1.807, 2.05) is 12.1 Å². The first-order valence-electron chi connectivity index (χ1n) is 12.3. The van der Waals surface area contributed by atoms with Gasteiger partial charge in [0.1, 0.15) is 11.8 Å². The third kappa shape index (κ3) is 7.29. The number of aromatic nitrogens is 2. The Morgan fingerprint density at radius 2 is 1.81 bits per heavy atom. The average molecular weight is 609 g/mol. The van der Waals surface area contributed by atoms with E-state index in [1.165, 1.54) is 23.6 Å². The Kier molecular flexibility index (Phi) is 9.55. The van der Waals surface area contributed by atoms with Gasteiger partial charge in [-0.15, -0.1) is 11.3 Å². The molecule has 0 fully saturated rings. The Hall–Kier alpha value is -4.34. The van der Waals surface area contributed by atoms with Crippen molar-refractivity contribution < 1.29 is 46.8 Å². The molecule has 4 aromatic rings. The maximum absolute atomic E-state index is 14.9. The zero-order valence-electron chi connectivity index (χ0n) is 21.8. The van der Waals surface area contributed by atoms with Crippen LogP contribution in [-0.4, -0.2) is 64.6 Å². The molecule has 4 rings (SSSR count). The highest BCUT2D eigenvalue weighted by Crippen LogP contribution is 2.39. The molecule has 4 N–H and O–H groups in total. The molecule has 42 heavy (non-hydrogen) atoms. The Morgan fingerprint density at radius 3 is 2.43 bits per heavy atom. The number of nitrogens with one attached hydrogen (secondary N) is 2. The zero-order chi connectivity index (χ0) is 30.4. The number of rotatable bonds is 13. The van der Waals surface area contributed by atoms with Crippen molar-refractivity contribution in [3.8, 4) is 22.1 Å². The van der Waals surface area contributed by atoms with Gasteiger partial charge in [-0.3, -0.25) is 19.6 Å². The van der Waals surface area contributed by atoms with Crippen LogP contribution in [0.5, 0.6) is 11.5 Å². The van der Waals surface area contributed by atoms with Crippen molar-refractivity contribution in [1.82, 2.24) is 15.3 Å². The van der Waals surface area contributed by atoms with Gasteiger partial charge in [-0.25, -0.2) is 4.39 Å². The lowest BCUT2D eigenvalue weighted by Crippen LogP contribution is -2.49. The summed E-state index contributed by atoms with van der Waals surface area (Å²) in [7, 11) is 1.63. The average Bonchev–Trinajstić information content (AvgIpc) is 3.37. The van der Waals surface area contributed by atoms with Crippen LogP contribution in [-0.2, 0) is 20.9 Å². The third-order valence-electron chi connectivity index (χ3n) is 5.96. The van der Waals surface area contributed by atoms with E-state index >= 15 is 0 Å². The Bertz CT molecular complexity index is 1550. The van der Waals surface area contributed by atoms with E-state index in [0.717, 1.165) is 22.6 Å². The molecule has 0 amide bonds. The molecular formula is C27H24F4N4O6S. The number of fused-ring (bicyclic) bond motifs is 1. The van der Waals surface area contributed by atoms with E-state index in [2.05, 4.69) is 15.3 Å². The molecule has 0 aliphatic rings. The van der Waals surface area contributed by atoms with Crippen LogP contribution < -0.4 is 15.4 Å². The van der Waals surface area contributed by atoms with Crippen LogP contribution >= 0.6 is 11.3 Å². The van der Waals surface area contributed by atoms with Gasteiger partial charge in [-0.2, -0.15) is 13.2 Å². The van der Waals surface area contributed by atoms with Gasteiger partial charge in [-0.05, 0) is 29.8 Å². The largest absolute Gasteiger partial charge is 0.481 e. The van der Waals surface area contributed by atoms with Crippen molar-refractivity contribution >= 4 is 39.2 Å². The fourth-order valence-electron chi connectivity index (χ4n) is 3.92. The van der Waals surface area contributed by atoms with Crippen molar-refractivity contribution in [1.29, 1.82) is 0 Å². The molecule has 15 heteroatoms. The molecule has 0 saturated heterocycles. The first-order valence-corrected chi connectivity index (χ1v) is 13.1. The molecule has 3 heterocycles. The number of carboxylic acids is 2. The van der Waals surface area contributed by atoms with Crippen molar-refractivity contribution in [3.63, 3.8) is 0 Å². The minimum Gasteiger partial charge on any atom is -0.481 e. The number of ether oxygens (including phenoxy) is 2. The highest BCUT2D eigenvalue weighted by Gasteiger charge is 2.51. The molecule has 3 aromatic heterocycles. The van der Waals surface area contributed by atoms with Crippen LogP contribution in [0.2, 0.25) is 0 Å². The Balaban J connectivity index is 1.53. The first-order chi connectivity index (χ1) is 20.0. The quantitative estimate of drug-likeness (QED) is 0.0914. The van der Waals surface area contributed by atoms with Gasteiger partial charge in [0, 0.05) is 50.4 Å². The van der Waals surface area contributed by atoms with E-state index in [0.29, 0.717) is 41.7 Å². The van der Waals surface area contributed by atoms with Gasteiger partial charge in [0.2, 0.25) is 0 Å². The maximum atomic E-state index is 14.9. The molecule has 0 saturated carbocycles. The number of halogens is 4. The van der Waals surface area contributed by atoms with Gasteiger partial charge in [0.05, 0.1) is 27.4 Å². The standard InChI is InChI=1S/C27H24F4N4O6S/c1-40-9-8-32-12-14-2-4-17(34-13-14)21-11-18-23(42-21)20(6-7-33-18)41-19-5-3-15(10-16(19)28)35-24(27(29,30)31)22(25(36)37)26(38)39/h2-7,10-11,13,22,24,32,35H,8-9,12H2,1H3,(H,36,37)(H,38,39). The number of anilines is 1. The van der Waals surface area contributed by atoms with Crippen molar-refractivity contribution in [2.75, 3.05) is 25.6 Å². The molecule has 0 bridgehead atoms. The summed E-state index contributed by atoms with van der Waals surface area (Å²) in [6.45, 7) is 1.92. The molecule has 0 spiro atoms. The first kappa shape index (κ1) is 30.6. The molecule has 0 radical (unpaired) electrons. The lowest BCUT2D eigenvalue weighted by molar-refractivity contribution is -0.179. The second kappa shape index (κ2) is 13.1. The van der Waals surface area contributed by atoms with E-state index in [-0.39, 0.29) is 11.5 Å². The zero-order valence-corrected chi connectivity index (χ0v) is 22.6. The van der Waals surface area contributed by atoms with Crippen molar-refractivity contribution in [2.24, 2.45) is 5.92 Å². The number of carboxylic acid groups (broad SMARTS) is 2. The molecule has 222 valence electrons. The summed E-state index contributed by atoms with van der Waals surface area (Å²) in [5.74, 6) is -8.42. The number of methoxy groups -OCH3 is 1. The number of carbonyl (C=O) groups is 2. The number of aliphatic carboxylic acids is 2. The summed E-state index contributed by atoms with van der Waals surface area (Å²) >= 11 is 1.30. The summed E-state index contributed by atoms with van der Waals surface area (Å²) in [6, 6.07) is 6.79. The van der Waals surface area contributed by atoms with Gasteiger partial charge in [0.15, 0.2) is 17.5 Å². The van der Waals surface area contributed by atoms with E-state index in [9.17, 15) is 27.2 Å². The number of thiophene rings is 1. The number of hydrogen-bond donors (Lipinski definition) is 4. The topological polar surface area (TPSA) is 143 Å². The number of benzene rings is 1. The smallest absolute Gasteiger partial charge is 0.409 e. The molecule has 0 aliphatic heterocycles. The van der Waals surface area contributed by atoms with Gasteiger partial charge >= 0.3 is 18.1 Å². The van der Waals surface area contributed by atoms with Crippen molar-refractivity contribution in [2.45, 2.75) is 18.8 Å². The van der Waals surface area contributed by atoms with E-state index in [1.54, 1.807) is 24.7 Å². The predicted octanol–water partition coefficient (Wildman–Crippen LogP) is 5.15. The lowest BCUT2D eigenvalue weighted by Gasteiger charge is -2.25. The number of alkyl halides is 3. The molecule has 1 aromatic carbocycles. The van der Waals surface area contributed by atoms with Crippen LogP contribution in [0.4, 0.5) is 23.2 Å². The Morgan fingerprint density at radius 1 is 1.05 bits per heavy atom. The highest BCUT2D eigenvalue weighted by atomic mass is 32.1. The normalized spacial score (nSPS) is 12.4. The highest BCUT2D eigenvalue weighted by molar-refractivity contribution is 7.22. The van der Waals surface area contributed by atoms with Gasteiger partial charge in [-0.1, -0.05) is 6.07 Å². The minimum absolute atomic E-state index is 0.236. The molecule has 10 nitrogen and oxygen atoms in total.